The fraction of sp³-hybridized carbons (Fsp3) is 0.350. The third-order valence-electron chi connectivity index (χ3n) is 4.56. The second-order valence-corrected chi connectivity index (χ2v) is 6.23. The molecule has 0 radical (unpaired) electrons. The molecule has 0 saturated heterocycles. The van der Waals surface area contributed by atoms with Crippen LogP contribution in [0.25, 0.3) is 0 Å². The van der Waals surface area contributed by atoms with E-state index in [1.165, 1.54) is 16.8 Å². The van der Waals surface area contributed by atoms with E-state index < -0.39 is 0 Å². The molecule has 3 rings (SSSR count). The summed E-state index contributed by atoms with van der Waals surface area (Å²) >= 11 is 0. The maximum Gasteiger partial charge on any atom is 0.239 e. The third-order valence-corrected chi connectivity index (χ3v) is 4.56. The summed E-state index contributed by atoms with van der Waals surface area (Å²) in [7, 11) is 0. The molecule has 0 aliphatic carbocycles. The van der Waals surface area contributed by atoms with Crippen LogP contribution in [0.3, 0.4) is 0 Å². The van der Waals surface area contributed by atoms with Gasteiger partial charge in [-0.1, -0.05) is 48.5 Å². The minimum Gasteiger partial charge on any atom is -0.359 e. The molecule has 0 unspecified atom stereocenters. The Labute approximate surface area is 138 Å². The van der Waals surface area contributed by atoms with Crippen LogP contribution < -0.4 is 10.2 Å². The number of carbonyl (C=O) groups excluding carboxylic acids is 1. The quantitative estimate of drug-likeness (QED) is 0.920. The first-order valence-electron chi connectivity index (χ1n) is 8.39. The van der Waals surface area contributed by atoms with E-state index in [0.717, 1.165) is 19.3 Å². The molecular formula is C20H24N2O. The number of hydrogen-bond donors (Lipinski definition) is 1. The van der Waals surface area contributed by atoms with Crippen molar-refractivity contribution in [3.8, 4) is 0 Å². The number of benzene rings is 2. The van der Waals surface area contributed by atoms with Gasteiger partial charge in [0.2, 0.25) is 5.91 Å². The lowest BCUT2D eigenvalue weighted by atomic mass is 9.96. The van der Waals surface area contributed by atoms with Gasteiger partial charge in [-0.05, 0) is 43.4 Å². The molecular weight excluding hydrogens is 284 g/mol. The number of rotatable bonds is 5. The molecule has 0 bridgehead atoms. The average molecular weight is 308 g/mol. The molecule has 1 N–H and O–H groups in total. The Balaban J connectivity index is 1.55. The van der Waals surface area contributed by atoms with E-state index in [2.05, 4.69) is 53.5 Å². The Kier molecular flexibility index (Phi) is 4.96. The van der Waals surface area contributed by atoms with Crippen LogP contribution >= 0.6 is 0 Å². The minimum absolute atomic E-state index is 0.101. The van der Waals surface area contributed by atoms with Crippen LogP contribution in [0.15, 0.2) is 54.6 Å². The van der Waals surface area contributed by atoms with Crippen molar-refractivity contribution in [1.82, 2.24) is 5.32 Å². The summed E-state index contributed by atoms with van der Waals surface area (Å²) in [6.07, 6.45) is 3.08. The zero-order valence-corrected chi connectivity index (χ0v) is 13.7. The van der Waals surface area contributed by atoms with Crippen LogP contribution in [0.4, 0.5) is 5.69 Å². The van der Waals surface area contributed by atoms with Gasteiger partial charge in [-0.3, -0.25) is 4.79 Å². The van der Waals surface area contributed by atoms with Gasteiger partial charge in [0.1, 0.15) is 0 Å². The zero-order valence-electron chi connectivity index (χ0n) is 13.7. The molecule has 2 aromatic rings. The lowest BCUT2D eigenvalue weighted by Gasteiger charge is -2.36. The molecule has 1 atom stereocenters. The molecule has 120 valence electrons. The van der Waals surface area contributed by atoms with Crippen molar-refractivity contribution in [2.45, 2.75) is 32.2 Å². The number of carbonyl (C=O) groups is 1. The first kappa shape index (κ1) is 15.6. The van der Waals surface area contributed by atoms with Gasteiger partial charge in [0, 0.05) is 18.3 Å². The highest BCUT2D eigenvalue weighted by atomic mass is 16.2. The highest BCUT2D eigenvalue weighted by molar-refractivity contribution is 5.82. The highest BCUT2D eigenvalue weighted by Crippen LogP contribution is 2.29. The van der Waals surface area contributed by atoms with Gasteiger partial charge >= 0.3 is 0 Å². The van der Waals surface area contributed by atoms with E-state index in [1.807, 2.05) is 18.2 Å². The molecule has 1 heterocycles. The summed E-state index contributed by atoms with van der Waals surface area (Å²) in [5.41, 5.74) is 3.82. The van der Waals surface area contributed by atoms with Gasteiger partial charge in [0.15, 0.2) is 0 Å². The predicted octanol–water partition coefficient (Wildman–Crippen LogP) is 3.19. The number of fused-ring (bicyclic) bond motifs is 1. The van der Waals surface area contributed by atoms with Crippen molar-refractivity contribution in [3.63, 3.8) is 0 Å². The monoisotopic (exact) mass is 308 g/mol. The van der Waals surface area contributed by atoms with Crippen molar-refractivity contribution < 1.29 is 4.79 Å². The maximum absolute atomic E-state index is 12.3. The summed E-state index contributed by atoms with van der Waals surface area (Å²) < 4.78 is 0. The number of hydrogen-bond acceptors (Lipinski definition) is 2. The van der Waals surface area contributed by atoms with Crippen LogP contribution in [0.1, 0.15) is 24.5 Å². The Morgan fingerprint density at radius 3 is 2.70 bits per heavy atom. The summed E-state index contributed by atoms with van der Waals surface area (Å²) in [4.78, 5) is 14.5. The molecule has 0 saturated carbocycles. The molecule has 3 heteroatoms. The van der Waals surface area contributed by atoms with Crippen LogP contribution in [0.5, 0.6) is 0 Å². The van der Waals surface area contributed by atoms with Crippen LogP contribution in [-0.4, -0.2) is 25.0 Å². The van der Waals surface area contributed by atoms with E-state index in [4.69, 9.17) is 0 Å². The summed E-state index contributed by atoms with van der Waals surface area (Å²) in [5.74, 6) is 0.101. The second kappa shape index (κ2) is 7.32. The van der Waals surface area contributed by atoms with Crippen LogP contribution in [0, 0.1) is 0 Å². The fourth-order valence-corrected chi connectivity index (χ4v) is 3.20. The van der Waals surface area contributed by atoms with E-state index in [-0.39, 0.29) is 5.91 Å². The summed E-state index contributed by atoms with van der Waals surface area (Å²) in [6.45, 7) is 3.33. The van der Waals surface area contributed by atoms with Gasteiger partial charge in [-0.15, -0.1) is 0 Å². The zero-order chi connectivity index (χ0) is 16.1. The molecule has 1 aliphatic heterocycles. The maximum atomic E-state index is 12.3. The second-order valence-electron chi connectivity index (χ2n) is 6.23. The molecule has 3 nitrogen and oxygen atoms in total. The number of aryl methyl sites for hydroxylation is 1. The first-order valence-corrected chi connectivity index (χ1v) is 8.39. The van der Waals surface area contributed by atoms with E-state index in [1.54, 1.807) is 0 Å². The van der Waals surface area contributed by atoms with Gasteiger partial charge in [0.05, 0.1) is 6.54 Å². The largest absolute Gasteiger partial charge is 0.359 e. The number of nitrogens with zero attached hydrogens (tertiary/aromatic N) is 1. The molecule has 23 heavy (non-hydrogen) atoms. The lowest BCUT2D eigenvalue weighted by Crippen LogP contribution is -2.44. The van der Waals surface area contributed by atoms with E-state index in [9.17, 15) is 4.79 Å². The number of amides is 1. The Morgan fingerprint density at radius 1 is 1.13 bits per heavy atom. The predicted molar refractivity (Wildman–Crippen MR) is 94.7 cm³/mol. The Hall–Kier alpha value is -2.29. The van der Waals surface area contributed by atoms with E-state index >= 15 is 0 Å². The normalized spacial score (nSPS) is 16.7. The topological polar surface area (TPSA) is 32.3 Å². The van der Waals surface area contributed by atoms with Gasteiger partial charge in [0.25, 0.3) is 0 Å². The Bertz CT molecular complexity index is 654. The Morgan fingerprint density at radius 2 is 1.87 bits per heavy atom. The summed E-state index contributed by atoms with van der Waals surface area (Å²) in [5, 5.41) is 3.05. The number of anilines is 1. The summed E-state index contributed by atoms with van der Waals surface area (Å²) in [6, 6.07) is 19.1. The fourth-order valence-electron chi connectivity index (χ4n) is 3.20. The van der Waals surface area contributed by atoms with Crippen molar-refractivity contribution >= 4 is 11.6 Å². The molecule has 1 amide bonds. The van der Waals surface area contributed by atoms with Crippen LogP contribution in [0.2, 0.25) is 0 Å². The highest BCUT2D eigenvalue weighted by Gasteiger charge is 2.24. The molecule has 1 aliphatic rings. The number of nitrogens with one attached hydrogen (secondary N) is 1. The molecule has 0 spiro atoms. The lowest BCUT2D eigenvalue weighted by molar-refractivity contribution is -0.119. The number of para-hydroxylation sites is 1. The van der Waals surface area contributed by atoms with Gasteiger partial charge in [-0.25, -0.2) is 0 Å². The van der Waals surface area contributed by atoms with Crippen molar-refractivity contribution in [2.24, 2.45) is 0 Å². The molecule has 2 aromatic carbocycles. The molecule has 0 aromatic heterocycles. The smallest absolute Gasteiger partial charge is 0.239 e. The van der Waals surface area contributed by atoms with E-state index in [0.29, 0.717) is 19.1 Å². The van der Waals surface area contributed by atoms with Crippen molar-refractivity contribution in [3.05, 3.63) is 65.7 Å². The molecule has 0 fully saturated rings. The minimum atomic E-state index is 0.101. The first-order chi connectivity index (χ1) is 11.2. The van der Waals surface area contributed by atoms with Gasteiger partial charge < -0.3 is 10.2 Å². The van der Waals surface area contributed by atoms with Crippen molar-refractivity contribution in [2.75, 3.05) is 18.0 Å². The standard InChI is InChI=1S/C20H24N2O/c1-16-11-12-18-9-5-6-10-19(18)22(16)15-20(23)21-14-13-17-7-3-2-4-8-17/h2-10,16H,11-15H2,1H3,(H,21,23)/t16-/m1/s1. The van der Waals surface area contributed by atoms with Gasteiger partial charge in [-0.2, -0.15) is 0 Å². The SMILES string of the molecule is C[C@@H]1CCc2ccccc2N1CC(=O)NCCc1ccccc1. The third kappa shape index (κ3) is 3.92. The van der Waals surface area contributed by atoms with Crippen molar-refractivity contribution in [1.29, 1.82) is 0 Å². The van der Waals surface area contributed by atoms with Crippen LogP contribution in [-0.2, 0) is 17.6 Å². The average Bonchev–Trinajstić information content (AvgIpc) is 2.58.